The molecular weight excluding hydrogens is 294 g/mol. The molecule has 0 spiro atoms. The fourth-order valence-electron chi connectivity index (χ4n) is 2.83. The quantitative estimate of drug-likeness (QED) is 0.707. The number of carbonyl (C=O) groups is 2. The van der Waals surface area contributed by atoms with Crippen LogP contribution in [0, 0.1) is 0 Å². The summed E-state index contributed by atoms with van der Waals surface area (Å²) in [6.07, 6.45) is 2.55. The van der Waals surface area contributed by atoms with Crippen LogP contribution in [0.1, 0.15) is 19.3 Å². The fourth-order valence-corrected chi connectivity index (χ4v) is 3.38. The number of nitrogens with one attached hydrogen (secondary N) is 1. The lowest BCUT2D eigenvalue weighted by Gasteiger charge is -2.33. The van der Waals surface area contributed by atoms with Gasteiger partial charge in [-0.25, -0.2) is 8.42 Å². The fraction of sp³-hybridized carbons (Fsp3) is 0.846. The number of sulfone groups is 1. The van der Waals surface area contributed by atoms with Crippen LogP contribution in [0.5, 0.6) is 0 Å². The number of carbonyl (C=O) groups excluding carboxylic acids is 2. The van der Waals surface area contributed by atoms with E-state index in [-0.39, 0.29) is 24.0 Å². The molecule has 0 saturated carbocycles. The van der Waals surface area contributed by atoms with Crippen molar-refractivity contribution in [2.45, 2.75) is 25.3 Å². The number of likely N-dealkylation sites (tertiary alicyclic amines) is 1. The van der Waals surface area contributed by atoms with Crippen molar-refractivity contribution >= 4 is 21.7 Å². The van der Waals surface area contributed by atoms with E-state index in [9.17, 15) is 18.0 Å². The summed E-state index contributed by atoms with van der Waals surface area (Å²) >= 11 is 0. The second-order valence-corrected chi connectivity index (χ2v) is 7.96. The standard InChI is InChI=1S/C13H23N3O4S/c1-21(19,20)10-4-12(17)16-7-2-3-11(16)13(18)15-8-5-14-6-9-15/h11,14H,2-10H2,1H3. The van der Waals surface area contributed by atoms with Gasteiger partial charge in [0.05, 0.1) is 5.75 Å². The van der Waals surface area contributed by atoms with Crippen LogP contribution in [-0.4, -0.2) is 80.8 Å². The lowest BCUT2D eigenvalue weighted by molar-refractivity contribution is -0.144. The molecule has 1 N–H and O–H groups in total. The molecule has 7 nitrogen and oxygen atoms in total. The van der Waals surface area contributed by atoms with Gasteiger partial charge in [-0.3, -0.25) is 9.59 Å². The van der Waals surface area contributed by atoms with E-state index in [1.165, 1.54) is 0 Å². The zero-order chi connectivity index (χ0) is 15.5. The van der Waals surface area contributed by atoms with Gasteiger partial charge in [0.1, 0.15) is 15.9 Å². The van der Waals surface area contributed by atoms with Crippen molar-refractivity contribution in [2.24, 2.45) is 0 Å². The Morgan fingerprint density at radius 3 is 2.48 bits per heavy atom. The maximum absolute atomic E-state index is 12.5. The molecule has 2 rings (SSSR count). The Bertz CT molecular complexity index is 500. The van der Waals surface area contributed by atoms with Crippen molar-refractivity contribution < 1.29 is 18.0 Å². The second-order valence-electron chi connectivity index (χ2n) is 5.70. The van der Waals surface area contributed by atoms with E-state index >= 15 is 0 Å². The molecule has 0 bridgehead atoms. The summed E-state index contributed by atoms with van der Waals surface area (Å²) in [4.78, 5) is 28.0. The molecule has 2 amide bonds. The predicted molar refractivity (Wildman–Crippen MR) is 78.5 cm³/mol. The molecule has 2 aliphatic rings. The average molecular weight is 317 g/mol. The molecule has 8 heteroatoms. The highest BCUT2D eigenvalue weighted by atomic mass is 32.2. The number of hydrogen-bond acceptors (Lipinski definition) is 5. The van der Waals surface area contributed by atoms with Crippen molar-refractivity contribution in [3.63, 3.8) is 0 Å². The number of rotatable bonds is 4. The van der Waals surface area contributed by atoms with Crippen LogP contribution in [0.15, 0.2) is 0 Å². The Morgan fingerprint density at radius 1 is 1.19 bits per heavy atom. The van der Waals surface area contributed by atoms with E-state index in [4.69, 9.17) is 0 Å². The van der Waals surface area contributed by atoms with Crippen molar-refractivity contribution in [2.75, 3.05) is 44.7 Å². The Kier molecular flexibility index (Phi) is 5.21. The molecule has 0 aromatic rings. The Labute approximate surface area is 125 Å². The first-order chi connectivity index (χ1) is 9.88. The van der Waals surface area contributed by atoms with Crippen LogP contribution in [0.3, 0.4) is 0 Å². The molecule has 0 aliphatic carbocycles. The summed E-state index contributed by atoms with van der Waals surface area (Å²) in [7, 11) is -3.16. The third kappa shape index (κ3) is 4.41. The zero-order valence-electron chi connectivity index (χ0n) is 12.4. The lowest BCUT2D eigenvalue weighted by atomic mass is 10.1. The van der Waals surface area contributed by atoms with Crippen molar-refractivity contribution in [3.8, 4) is 0 Å². The highest BCUT2D eigenvalue weighted by molar-refractivity contribution is 7.90. The van der Waals surface area contributed by atoms with Crippen molar-refractivity contribution in [1.29, 1.82) is 0 Å². The predicted octanol–water partition coefficient (Wildman–Crippen LogP) is -1.16. The lowest BCUT2D eigenvalue weighted by Crippen LogP contribution is -2.53. The van der Waals surface area contributed by atoms with Gasteiger partial charge in [0.15, 0.2) is 0 Å². The topological polar surface area (TPSA) is 86.8 Å². The molecule has 0 aromatic heterocycles. The van der Waals surface area contributed by atoms with Crippen molar-refractivity contribution in [3.05, 3.63) is 0 Å². The molecule has 1 unspecified atom stereocenters. The van der Waals surface area contributed by atoms with Crippen LogP contribution >= 0.6 is 0 Å². The number of piperazine rings is 1. The smallest absolute Gasteiger partial charge is 0.245 e. The summed E-state index contributed by atoms with van der Waals surface area (Å²) in [5.74, 6) is -0.384. The van der Waals surface area contributed by atoms with Crippen LogP contribution in [0.4, 0.5) is 0 Å². The number of hydrogen-bond donors (Lipinski definition) is 1. The largest absolute Gasteiger partial charge is 0.338 e. The molecule has 0 radical (unpaired) electrons. The van der Waals surface area contributed by atoms with Crippen LogP contribution in [0.25, 0.3) is 0 Å². The maximum Gasteiger partial charge on any atom is 0.245 e. The maximum atomic E-state index is 12.5. The van der Waals surface area contributed by atoms with Gasteiger partial charge in [0.25, 0.3) is 0 Å². The van der Waals surface area contributed by atoms with E-state index in [1.54, 1.807) is 9.80 Å². The average Bonchev–Trinajstić information content (AvgIpc) is 2.93. The zero-order valence-corrected chi connectivity index (χ0v) is 13.2. The third-order valence-corrected chi connectivity index (χ3v) is 4.92. The summed E-state index contributed by atoms with van der Waals surface area (Å²) in [5, 5.41) is 3.19. The van der Waals surface area contributed by atoms with Crippen LogP contribution < -0.4 is 5.32 Å². The summed E-state index contributed by atoms with van der Waals surface area (Å²) in [5.41, 5.74) is 0. The summed E-state index contributed by atoms with van der Waals surface area (Å²) < 4.78 is 22.3. The van der Waals surface area contributed by atoms with E-state index < -0.39 is 15.9 Å². The Morgan fingerprint density at radius 2 is 1.86 bits per heavy atom. The monoisotopic (exact) mass is 317 g/mol. The molecule has 2 saturated heterocycles. The SMILES string of the molecule is CS(=O)(=O)CCC(=O)N1CCCC1C(=O)N1CCNCC1. The number of nitrogens with zero attached hydrogens (tertiary/aromatic N) is 2. The van der Waals surface area contributed by atoms with Crippen LogP contribution in [-0.2, 0) is 19.4 Å². The van der Waals surface area contributed by atoms with Gasteiger partial charge < -0.3 is 15.1 Å². The minimum atomic E-state index is -3.16. The van der Waals surface area contributed by atoms with E-state index in [1.807, 2.05) is 0 Å². The Balaban J connectivity index is 1.95. The molecule has 2 aliphatic heterocycles. The van der Waals surface area contributed by atoms with Gasteiger partial charge in [-0.15, -0.1) is 0 Å². The first-order valence-electron chi connectivity index (χ1n) is 7.35. The van der Waals surface area contributed by atoms with E-state index in [0.717, 1.165) is 25.8 Å². The number of amides is 2. The van der Waals surface area contributed by atoms with Crippen molar-refractivity contribution in [1.82, 2.24) is 15.1 Å². The van der Waals surface area contributed by atoms with Gasteiger partial charge in [0.2, 0.25) is 11.8 Å². The minimum Gasteiger partial charge on any atom is -0.338 e. The van der Waals surface area contributed by atoms with E-state index in [2.05, 4.69) is 5.32 Å². The van der Waals surface area contributed by atoms with Gasteiger partial charge in [-0.2, -0.15) is 0 Å². The molecule has 21 heavy (non-hydrogen) atoms. The van der Waals surface area contributed by atoms with Gasteiger partial charge in [-0.05, 0) is 12.8 Å². The highest BCUT2D eigenvalue weighted by Gasteiger charge is 2.36. The second kappa shape index (κ2) is 6.74. The van der Waals surface area contributed by atoms with Crippen LogP contribution in [0.2, 0.25) is 0 Å². The molecule has 0 aromatic carbocycles. The first kappa shape index (κ1) is 16.2. The van der Waals surface area contributed by atoms with E-state index in [0.29, 0.717) is 26.1 Å². The summed E-state index contributed by atoms with van der Waals surface area (Å²) in [6, 6.07) is -0.407. The van der Waals surface area contributed by atoms with Gasteiger partial charge in [0, 0.05) is 45.4 Å². The highest BCUT2D eigenvalue weighted by Crippen LogP contribution is 2.20. The minimum absolute atomic E-state index is 0.00158. The molecule has 1 atom stereocenters. The molecular formula is C13H23N3O4S. The molecule has 2 heterocycles. The molecule has 2 fully saturated rings. The molecule has 120 valence electrons. The summed E-state index contributed by atoms with van der Waals surface area (Å²) in [6.45, 7) is 3.44. The normalized spacial score (nSPS) is 23.4. The van der Waals surface area contributed by atoms with Gasteiger partial charge >= 0.3 is 0 Å². The first-order valence-corrected chi connectivity index (χ1v) is 9.41. The Hall–Kier alpha value is -1.15. The van der Waals surface area contributed by atoms with Gasteiger partial charge in [-0.1, -0.05) is 0 Å². The third-order valence-electron chi connectivity index (χ3n) is 3.97.